The van der Waals surface area contributed by atoms with Crippen LogP contribution in [0.15, 0.2) is 43.0 Å². The molecule has 0 bridgehead atoms. The maximum absolute atomic E-state index is 13.2. The monoisotopic (exact) mass is 365 g/mol. The van der Waals surface area contributed by atoms with Crippen molar-refractivity contribution in [2.24, 2.45) is 0 Å². The van der Waals surface area contributed by atoms with E-state index in [9.17, 15) is 4.79 Å². The Hall–Kier alpha value is -2.80. The Balaban J connectivity index is 1.59. The van der Waals surface area contributed by atoms with Gasteiger partial charge in [0, 0.05) is 49.8 Å². The number of ether oxygens (including phenoxy) is 1. The van der Waals surface area contributed by atoms with E-state index in [2.05, 4.69) is 15.2 Å². The topological polar surface area (TPSA) is 72.6 Å². The third-order valence-electron chi connectivity index (χ3n) is 5.14. The lowest BCUT2D eigenvalue weighted by atomic mass is 9.97. The molecule has 1 saturated heterocycles. The first kappa shape index (κ1) is 17.6. The number of amides is 1. The predicted molar refractivity (Wildman–Crippen MR) is 101 cm³/mol. The first-order valence-corrected chi connectivity index (χ1v) is 9.32. The Morgan fingerprint density at radius 1 is 1.30 bits per heavy atom. The van der Waals surface area contributed by atoms with Gasteiger partial charge in [-0.25, -0.2) is 4.98 Å². The minimum atomic E-state index is 0.0935. The minimum absolute atomic E-state index is 0.0935. The van der Waals surface area contributed by atoms with Crippen LogP contribution in [-0.4, -0.2) is 56.7 Å². The maximum Gasteiger partial charge on any atom is 0.254 e. The Labute approximate surface area is 158 Å². The number of piperidine rings is 1. The van der Waals surface area contributed by atoms with Crippen molar-refractivity contribution in [2.45, 2.75) is 31.7 Å². The third-order valence-corrected chi connectivity index (χ3v) is 5.14. The number of likely N-dealkylation sites (tertiary alicyclic amines) is 1. The normalized spacial score (nSPS) is 17.4. The molecule has 1 atom stereocenters. The lowest BCUT2D eigenvalue weighted by Crippen LogP contribution is -2.44. The number of fused-ring (bicyclic) bond motifs is 1. The van der Waals surface area contributed by atoms with Gasteiger partial charge >= 0.3 is 0 Å². The second kappa shape index (κ2) is 7.84. The fourth-order valence-electron chi connectivity index (χ4n) is 3.70. The molecule has 0 N–H and O–H groups in total. The highest BCUT2D eigenvalue weighted by Crippen LogP contribution is 2.25. The van der Waals surface area contributed by atoms with Gasteiger partial charge in [0.15, 0.2) is 0 Å². The van der Waals surface area contributed by atoms with Crippen molar-refractivity contribution in [2.75, 3.05) is 20.3 Å². The van der Waals surface area contributed by atoms with Gasteiger partial charge in [0.05, 0.1) is 0 Å². The summed E-state index contributed by atoms with van der Waals surface area (Å²) < 4.78 is 7.00. The molecule has 2 aromatic heterocycles. The summed E-state index contributed by atoms with van der Waals surface area (Å²) >= 11 is 0. The van der Waals surface area contributed by atoms with Crippen LogP contribution in [0.4, 0.5) is 0 Å². The van der Waals surface area contributed by atoms with Crippen LogP contribution in [0.5, 0.6) is 0 Å². The quantitative estimate of drug-likeness (QED) is 0.695. The van der Waals surface area contributed by atoms with Gasteiger partial charge in [-0.2, -0.15) is 0 Å². The molecule has 1 aliphatic heterocycles. The average molecular weight is 365 g/mol. The van der Waals surface area contributed by atoms with Crippen LogP contribution in [0, 0.1) is 0 Å². The number of rotatable bonds is 5. The molecular weight excluding hydrogens is 342 g/mol. The highest BCUT2D eigenvalue weighted by molar-refractivity contribution is 5.95. The maximum atomic E-state index is 13.2. The summed E-state index contributed by atoms with van der Waals surface area (Å²) in [5, 5.41) is 7.78. The molecule has 7 nitrogen and oxygen atoms in total. The largest absolute Gasteiger partial charge is 0.385 e. The van der Waals surface area contributed by atoms with Crippen LogP contribution in [0.1, 0.15) is 36.0 Å². The number of methoxy groups -OCH3 is 1. The van der Waals surface area contributed by atoms with Crippen molar-refractivity contribution in [3.05, 3.63) is 48.5 Å². The Morgan fingerprint density at radius 3 is 3.11 bits per heavy atom. The van der Waals surface area contributed by atoms with E-state index in [1.54, 1.807) is 24.0 Å². The molecule has 0 saturated carbocycles. The highest BCUT2D eigenvalue weighted by atomic mass is 16.5. The number of carbonyl (C=O) groups is 1. The number of carbonyl (C=O) groups excluding carboxylic acids is 1. The zero-order chi connectivity index (χ0) is 18.6. The summed E-state index contributed by atoms with van der Waals surface area (Å²) in [6.07, 6.45) is 9.46. The molecule has 1 aliphatic rings. The number of benzene rings is 1. The SMILES string of the molecule is COCCC1CCCCN1C(=O)c1cccc(-c2cnc3nncn3c2)c1. The van der Waals surface area contributed by atoms with Crippen LogP contribution in [0.25, 0.3) is 16.9 Å². The van der Waals surface area contributed by atoms with E-state index in [0.29, 0.717) is 17.9 Å². The molecule has 0 aliphatic carbocycles. The highest BCUT2D eigenvalue weighted by Gasteiger charge is 2.27. The Kier molecular flexibility index (Phi) is 5.11. The van der Waals surface area contributed by atoms with Crippen LogP contribution < -0.4 is 0 Å². The van der Waals surface area contributed by atoms with Crippen molar-refractivity contribution in [1.29, 1.82) is 0 Å². The zero-order valence-corrected chi connectivity index (χ0v) is 15.4. The molecule has 7 heteroatoms. The lowest BCUT2D eigenvalue weighted by molar-refractivity contribution is 0.0553. The van der Waals surface area contributed by atoms with E-state index < -0.39 is 0 Å². The minimum Gasteiger partial charge on any atom is -0.385 e. The van der Waals surface area contributed by atoms with E-state index in [-0.39, 0.29) is 11.9 Å². The number of aromatic nitrogens is 4. The number of hydrogen-bond donors (Lipinski definition) is 0. The summed E-state index contributed by atoms with van der Waals surface area (Å²) in [5.41, 5.74) is 2.58. The van der Waals surface area contributed by atoms with Gasteiger partial charge in [-0.05, 0) is 43.4 Å². The van der Waals surface area contributed by atoms with Crippen LogP contribution in [-0.2, 0) is 4.74 Å². The van der Waals surface area contributed by atoms with Gasteiger partial charge in [0.25, 0.3) is 11.7 Å². The lowest BCUT2D eigenvalue weighted by Gasteiger charge is -2.36. The summed E-state index contributed by atoms with van der Waals surface area (Å²) in [7, 11) is 1.71. The van der Waals surface area contributed by atoms with Gasteiger partial charge in [0.2, 0.25) is 0 Å². The molecular formula is C20H23N5O2. The van der Waals surface area contributed by atoms with Crippen LogP contribution in [0.3, 0.4) is 0 Å². The van der Waals surface area contributed by atoms with E-state index in [0.717, 1.165) is 36.9 Å². The molecule has 3 aromatic rings. The standard InChI is InChI=1S/C20H23N5O2/c1-27-10-8-18-7-2-3-9-25(18)19(26)16-6-4-5-15(11-16)17-12-21-20-23-22-14-24(20)13-17/h4-6,11-14,18H,2-3,7-10H2,1H3. The molecule has 1 unspecified atom stereocenters. The van der Waals surface area contributed by atoms with Crippen molar-refractivity contribution in [3.63, 3.8) is 0 Å². The molecule has 1 amide bonds. The van der Waals surface area contributed by atoms with Gasteiger partial charge in [0.1, 0.15) is 6.33 Å². The zero-order valence-electron chi connectivity index (χ0n) is 15.4. The second-order valence-corrected chi connectivity index (χ2v) is 6.89. The molecule has 140 valence electrons. The van der Waals surface area contributed by atoms with Gasteiger partial charge in [-0.3, -0.25) is 9.20 Å². The van der Waals surface area contributed by atoms with Crippen molar-refractivity contribution >= 4 is 11.7 Å². The van der Waals surface area contributed by atoms with Crippen molar-refractivity contribution < 1.29 is 9.53 Å². The summed E-state index contributed by atoms with van der Waals surface area (Å²) in [4.78, 5) is 19.5. The summed E-state index contributed by atoms with van der Waals surface area (Å²) in [6, 6.07) is 8.00. The van der Waals surface area contributed by atoms with Gasteiger partial charge < -0.3 is 9.64 Å². The molecule has 0 radical (unpaired) electrons. The molecule has 3 heterocycles. The van der Waals surface area contributed by atoms with E-state index in [1.807, 2.05) is 35.4 Å². The third kappa shape index (κ3) is 3.68. The van der Waals surface area contributed by atoms with E-state index >= 15 is 0 Å². The number of nitrogens with zero attached hydrogens (tertiary/aromatic N) is 5. The number of hydrogen-bond acceptors (Lipinski definition) is 5. The Morgan fingerprint density at radius 2 is 2.22 bits per heavy atom. The molecule has 1 aromatic carbocycles. The molecule has 0 spiro atoms. The van der Waals surface area contributed by atoms with Crippen molar-refractivity contribution in [1.82, 2.24) is 24.5 Å². The first-order valence-electron chi connectivity index (χ1n) is 9.32. The summed E-state index contributed by atoms with van der Waals surface area (Å²) in [6.45, 7) is 1.49. The molecule has 4 rings (SSSR count). The summed E-state index contributed by atoms with van der Waals surface area (Å²) in [5.74, 6) is 0.649. The predicted octanol–water partition coefficient (Wildman–Crippen LogP) is 2.82. The molecule has 27 heavy (non-hydrogen) atoms. The first-order chi connectivity index (χ1) is 13.3. The second-order valence-electron chi connectivity index (χ2n) is 6.89. The fraction of sp³-hybridized carbons (Fsp3) is 0.400. The van der Waals surface area contributed by atoms with Gasteiger partial charge in [-0.15, -0.1) is 10.2 Å². The Bertz CT molecular complexity index is 939. The smallest absolute Gasteiger partial charge is 0.254 e. The van der Waals surface area contributed by atoms with Crippen LogP contribution >= 0.6 is 0 Å². The van der Waals surface area contributed by atoms with Gasteiger partial charge in [-0.1, -0.05) is 12.1 Å². The van der Waals surface area contributed by atoms with Crippen molar-refractivity contribution in [3.8, 4) is 11.1 Å². The molecule has 1 fully saturated rings. The average Bonchev–Trinajstić information content (AvgIpc) is 3.20. The fourth-order valence-corrected chi connectivity index (χ4v) is 3.70. The van der Waals surface area contributed by atoms with E-state index in [1.165, 1.54) is 6.42 Å². The van der Waals surface area contributed by atoms with Crippen LogP contribution in [0.2, 0.25) is 0 Å². The van der Waals surface area contributed by atoms with E-state index in [4.69, 9.17) is 4.74 Å².